The normalized spacial score (nSPS) is 12.2. The summed E-state index contributed by atoms with van der Waals surface area (Å²) in [6.45, 7) is 9.49. The molecule has 2 heteroatoms. The van der Waals surface area contributed by atoms with Crippen molar-refractivity contribution in [3.05, 3.63) is 34.9 Å². The van der Waals surface area contributed by atoms with Crippen LogP contribution in [-0.2, 0) is 6.54 Å². The van der Waals surface area contributed by atoms with Gasteiger partial charge in [-0.2, -0.15) is 0 Å². The third-order valence-electron chi connectivity index (χ3n) is 2.60. The van der Waals surface area contributed by atoms with Gasteiger partial charge in [-0.15, -0.1) is 0 Å². The van der Waals surface area contributed by atoms with E-state index < -0.39 is 5.60 Å². The Kier molecular flexibility index (Phi) is 4.11. The number of aliphatic hydroxyl groups is 1. The molecule has 0 heterocycles. The van der Waals surface area contributed by atoms with Gasteiger partial charge in [0.1, 0.15) is 0 Å². The first-order chi connectivity index (χ1) is 7.28. The van der Waals surface area contributed by atoms with Crippen molar-refractivity contribution in [1.82, 2.24) is 4.90 Å². The molecule has 0 saturated carbocycles. The third kappa shape index (κ3) is 4.33. The van der Waals surface area contributed by atoms with Gasteiger partial charge in [-0.3, -0.25) is 4.90 Å². The second kappa shape index (κ2) is 4.98. The molecule has 1 N–H and O–H groups in total. The number of aryl methyl sites for hydroxylation is 2. The fourth-order valence-corrected chi connectivity index (χ4v) is 2.03. The van der Waals surface area contributed by atoms with Crippen LogP contribution in [-0.4, -0.2) is 29.2 Å². The van der Waals surface area contributed by atoms with Gasteiger partial charge in [0.15, 0.2) is 0 Å². The summed E-state index contributed by atoms with van der Waals surface area (Å²) in [4.78, 5) is 2.15. The fraction of sp³-hybridized carbons (Fsp3) is 0.571. The zero-order valence-electron chi connectivity index (χ0n) is 11.0. The minimum Gasteiger partial charge on any atom is -0.389 e. The molecule has 0 aromatic heterocycles. The zero-order chi connectivity index (χ0) is 12.3. The Morgan fingerprint density at radius 3 is 2.38 bits per heavy atom. The van der Waals surface area contributed by atoms with E-state index in [0.29, 0.717) is 6.54 Å². The molecule has 1 aromatic rings. The van der Waals surface area contributed by atoms with E-state index in [0.717, 1.165) is 6.54 Å². The van der Waals surface area contributed by atoms with Crippen LogP contribution >= 0.6 is 0 Å². The van der Waals surface area contributed by atoms with Gasteiger partial charge in [-0.25, -0.2) is 0 Å². The topological polar surface area (TPSA) is 23.5 Å². The molecule has 0 radical (unpaired) electrons. The van der Waals surface area contributed by atoms with E-state index in [-0.39, 0.29) is 0 Å². The van der Waals surface area contributed by atoms with Crippen molar-refractivity contribution in [3.63, 3.8) is 0 Å². The van der Waals surface area contributed by atoms with Crippen molar-refractivity contribution in [2.45, 2.75) is 39.8 Å². The van der Waals surface area contributed by atoms with Crippen LogP contribution in [0.1, 0.15) is 30.5 Å². The smallest absolute Gasteiger partial charge is 0.0718 e. The monoisotopic (exact) mass is 221 g/mol. The van der Waals surface area contributed by atoms with Crippen LogP contribution in [0.15, 0.2) is 18.2 Å². The highest BCUT2D eigenvalue weighted by molar-refractivity contribution is 5.30. The Morgan fingerprint density at radius 2 is 1.88 bits per heavy atom. The summed E-state index contributed by atoms with van der Waals surface area (Å²) >= 11 is 0. The van der Waals surface area contributed by atoms with Crippen molar-refractivity contribution in [1.29, 1.82) is 0 Å². The van der Waals surface area contributed by atoms with Crippen molar-refractivity contribution >= 4 is 0 Å². The quantitative estimate of drug-likeness (QED) is 0.844. The standard InChI is InChI=1S/C14H23NO/c1-11-6-7-13(12(2)8-11)9-15(5)10-14(3,4)16/h6-8,16H,9-10H2,1-5H3. The first-order valence-electron chi connectivity index (χ1n) is 5.75. The van der Waals surface area contributed by atoms with Gasteiger partial charge in [0.05, 0.1) is 5.60 Å². The molecule has 0 amide bonds. The summed E-state index contributed by atoms with van der Waals surface area (Å²) < 4.78 is 0. The molecule has 1 rings (SSSR count). The Bertz CT molecular complexity index is 352. The van der Waals surface area contributed by atoms with E-state index in [1.54, 1.807) is 0 Å². The first-order valence-corrected chi connectivity index (χ1v) is 5.75. The van der Waals surface area contributed by atoms with Crippen LogP contribution in [0.4, 0.5) is 0 Å². The molecular formula is C14H23NO. The molecule has 0 bridgehead atoms. The maximum Gasteiger partial charge on any atom is 0.0718 e. The highest BCUT2D eigenvalue weighted by atomic mass is 16.3. The lowest BCUT2D eigenvalue weighted by Crippen LogP contribution is -2.35. The minimum absolute atomic E-state index is 0.632. The van der Waals surface area contributed by atoms with E-state index in [4.69, 9.17) is 0 Å². The lowest BCUT2D eigenvalue weighted by molar-refractivity contribution is 0.0424. The molecule has 0 fully saturated rings. The molecule has 0 spiro atoms. The average Bonchev–Trinajstić information content (AvgIpc) is 2.06. The van der Waals surface area contributed by atoms with Crippen LogP contribution in [0.3, 0.4) is 0 Å². The van der Waals surface area contributed by atoms with Crippen LogP contribution < -0.4 is 0 Å². The van der Waals surface area contributed by atoms with Gasteiger partial charge in [-0.1, -0.05) is 23.8 Å². The molecule has 0 aliphatic carbocycles. The average molecular weight is 221 g/mol. The maximum absolute atomic E-state index is 9.74. The predicted octanol–water partition coefficient (Wildman–Crippen LogP) is 2.51. The lowest BCUT2D eigenvalue weighted by Gasteiger charge is -2.26. The van der Waals surface area contributed by atoms with Crippen molar-refractivity contribution in [2.24, 2.45) is 0 Å². The van der Waals surface area contributed by atoms with Crippen molar-refractivity contribution in [2.75, 3.05) is 13.6 Å². The van der Waals surface area contributed by atoms with Crippen LogP contribution in [0.2, 0.25) is 0 Å². The molecule has 1 aromatic carbocycles. The molecule has 16 heavy (non-hydrogen) atoms. The molecule has 0 saturated heterocycles. The van der Waals surface area contributed by atoms with Crippen LogP contribution in [0, 0.1) is 13.8 Å². The predicted molar refractivity (Wildman–Crippen MR) is 68.5 cm³/mol. The highest BCUT2D eigenvalue weighted by Crippen LogP contribution is 2.13. The summed E-state index contributed by atoms with van der Waals surface area (Å²) in [5.41, 5.74) is 3.32. The van der Waals surface area contributed by atoms with E-state index in [9.17, 15) is 5.11 Å². The molecule has 0 aliphatic rings. The number of likely N-dealkylation sites (N-methyl/N-ethyl adjacent to an activating group) is 1. The van der Waals surface area contributed by atoms with E-state index in [1.165, 1.54) is 16.7 Å². The molecule has 90 valence electrons. The largest absolute Gasteiger partial charge is 0.389 e. The second-order valence-corrected chi connectivity index (χ2v) is 5.41. The third-order valence-corrected chi connectivity index (χ3v) is 2.60. The Hall–Kier alpha value is -0.860. The number of hydrogen-bond donors (Lipinski definition) is 1. The first kappa shape index (κ1) is 13.2. The number of benzene rings is 1. The van der Waals surface area contributed by atoms with Crippen LogP contribution in [0.25, 0.3) is 0 Å². The zero-order valence-corrected chi connectivity index (χ0v) is 11.0. The van der Waals surface area contributed by atoms with Gasteiger partial charge in [-0.05, 0) is 45.9 Å². The van der Waals surface area contributed by atoms with E-state index in [2.05, 4.69) is 36.9 Å². The Balaban J connectivity index is 2.66. The summed E-state index contributed by atoms with van der Waals surface area (Å²) in [5, 5.41) is 9.74. The van der Waals surface area contributed by atoms with Crippen molar-refractivity contribution in [3.8, 4) is 0 Å². The highest BCUT2D eigenvalue weighted by Gasteiger charge is 2.15. The summed E-state index contributed by atoms with van der Waals surface area (Å²) in [6, 6.07) is 6.51. The maximum atomic E-state index is 9.74. The molecule has 0 atom stereocenters. The second-order valence-electron chi connectivity index (χ2n) is 5.41. The van der Waals surface area contributed by atoms with Gasteiger partial charge >= 0.3 is 0 Å². The molecular weight excluding hydrogens is 198 g/mol. The summed E-state index contributed by atoms with van der Waals surface area (Å²) in [6.07, 6.45) is 0. The lowest BCUT2D eigenvalue weighted by atomic mass is 10.0. The summed E-state index contributed by atoms with van der Waals surface area (Å²) in [5.74, 6) is 0. The van der Waals surface area contributed by atoms with Gasteiger partial charge in [0.25, 0.3) is 0 Å². The van der Waals surface area contributed by atoms with E-state index >= 15 is 0 Å². The fourth-order valence-electron chi connectivity index (χ4n) is 2.03. The Labute approximate surface area is 98.9 Å². The number of hydrogen-bond acceptors (Lipinski definition) is 2. The van der Waals surface area contributed by atoms with Gasteiger partial charge < -0.3 is 5.11 Å². The van der Waals surface area contributed by atoms with E-state index in [1.807, 2.05) is 20.9 Å². The van der Waals surface area contributed by atoms with Crippen molar-refractivity contribution < 1.29 is 5.11 Å². The van der Waals surface area contributed by atoms with Crippen LogP contribution in [0.5, 0.6) is 0 Å². The minimum atomic E-state index is -0.632. The SMILES string of the molecule is Cc1ccc(CN(C)CC(C)(C)O)c(C)c1. The van der Waals surface area contributed by atoms with Gasteiger partial charge in [0, 0.05) is 13.1 Å². The number of nitrogens with zero attached hydrogens (tertiary/aromatic N) is 1. The molecule has 0 aliphatic heterocycles. The Morgan fingerprint density at radius 1 is 1.25 bits per heavy atom. The molecule has 0 unspecified atom stereocenters. The molecule has 2 nitrogen and oxygen atoms in total. The summed E-state index contributed by atoms with van der Waals surface area (Å²) in [7, 11) is 2.04. The van der Waals surface area contributed by atoms with Gasteiger partial charge in [0.2, 0.25) is 0 Å². The number of rotatable bonds is 4.